The molecule has 13 heteroatoms. The van der Waals surface area contributed by atoms with Crippen LogP contribution in [0.5, 0.6) is 0 Å². The lowest BCUT2D eigenvalue weighted by molar-refractivity contribution is -0.137. The third-order valence-corrected chi connectivity index (χ3v) is 7.62. The second-order valence-corrected chi connectivity index (χ2v) is 10.0. The Hall–Kier alpha value is -3.22. The Morgan fingerprint density at radius 3 is 2.29 bits per heavy atom. The Kier molecular flexibility index (Phi) is 6.71. The minimum atomic E-state index is -4.58. The maximum Gasteiger partial charge on any atom is 0.416 e. The zero-order valence-corrected chi connectivity index (χ0v) is 19.6. The average Bonchev–Trinajstić information content (AvgIpc) is 2.83. The molecule has 3 aromatic rings. The van der Waals surface area contributed by atoms with Gasteiger partial charge in [-0.2, -0.15) is 17.5 Å². The maximum atomic E-state index is 13.1. The molecule has 2 aromatic heterocycles. The van der Waals surface area contributed by atoms with Gasteiger partial charge in [-0.25, -0.2) is 13.4 Å². The van der Waals surface area contributed by atoms with Gasteiger partial charge in [-0.15, -0.1) is 0 Å². The molecule has 0 atom stereocenters. The first kappa shape index (κ1) is 24.9. The number of alkyl halides is 3. The molecule has 0 spiro atoms. The van der Waals surface area contributed by atoms with Crippen molar-refractivity contribution in [2.24, 2.45) is 5.73 Å². The van der Waals surface area contributed by atoms with Crippen molar-refractivity contribution >= 4 is 33.3 Å². The average molecular weight is 526 g/mol. The van der Waals surface area contributed by atoms with E-state index in [1.54, 1.807) is 11.0 Å². The second-order valence-electron chi connectivity index (χ2n) is 7.71. The monoisotopic (exact) mass is 525 g/mol. The fourth-order valence-corrected chi connectivity index (χ4v) is 5.36. The van der Waals surface area contributed by atoms with E-state index < -0.39 is 27.7 Å². The summed E-state index contributed by atoms with van der Waals surface area (Å²) in [5.74, 6) is -0.619. The molecule has 1 aliphatic rings. The summed E-state index contributed by atoms with van der Waals surface area (Å²) in [6.45, 7) is 0.368. The van der Waals surface area contributed by atoms with Gasteiger partial charge in [-0.1, -0.05) is 23.7 Å². The van der Waals surface area contributed by atoms with Crippen molar-refractivity contribution < 1.29 is 26.4 Å². The third-order valence-electron chi connectivity index (χ3n) is 5.51. The predicted octanol–water partition coefficient (Wildman–Crippen LogP) is 3.43. The topological polar surface area (TPSA) is 109 Å². The standard InChI is InChI=1S/C22H19ClF3N5O3S/c23-18-12-15(22(24,25)26)13-19(29-18)30-8-10-31(11-9-30)35(33,34)16-5-3-14(4-6-16)20-17(21(27)32)2-1-7-28-20/h1-7,12-13H,8-11H2,(H2,27,32). The van der Waals surface area contributed by atoms with Crippen LogP contribution in [0, 0.1) is 0 Å². The highest BCUT2D eigenvalue weighted by Gasteiger charge is 2.33. The molecule has 1 amide bonds. The lowest BCUT2D eigenvalue weighted by Crippen LogP contribution is -2.49. The molecule has 8 nitrogen and oxygen atoms in total. The largest absolute Gasteiger partial charge is 0.416 e. The van der Waals surface area contributed by atoms with Gasteiger partial charge in [-0.3, -0.25) is 9.78 Å². The zero-order chi connectivity index (χ0) is 25.4. The van der Waals surface area contributed by atoms with Gasteiger partial charge >= 0.3 is 6.18 Å². The fourth-order valence-electron chi connectivity index (χ4n) is 3.73. The van der Waals surface area contributed by atoms with E-state index in [0.717, 1.165) is 12.1 Å². The zero-order valence-electron chi connectivity index (χ0n) is 18.0. The van der Waals surface area contributed by atoms with E-state index >= 15 is 0 Å². The number of benzene rings is 1. The smallest absolute Gasteiger partial charge is 0.366 e. The van der Waals surface area contributed by atoms with Crippen molar-refractivity contribution in [1.82, 2.24) is 14.3 Å². The molecule has 3 heterocycles. The van der Waals surface area contributed by atoms with E-state index in [-0.39, 0.29) is 47.6 Å². The molecule has 184 valence electrons. The molecule has 4 rings (SSSR count). The molecule has 1 saturated heterocycles. The lowest BCUT2D eigenvalue weighted by Gasteiger charge is -2.35. The van der Waals surface area contributed by atoms with E-state index in [2.05, 4.69) is 9.97 Å². The number of pyridine rings is 2. The molecule has 1 aliphatic heterocycles. The fraction of sp³-hybridized carbons (Fsp3) is 0.227. The van der Waals surface area contributed by atoms with Crippen LogP contribution in [0.2, 0.25) is 5.15 Å². The molecule has 0 saturated carbocycles. The molecule has 0 radical (unpaired) electrons. The van der Waals surface area contributed by atoms with Crippen molar-refractivity contribution in [3.05, 3.63) is 71.0 Å². The van der Waals surface area contributed by atoms with Crippen LogP contribution in [0.1, 0.15) is 15.9 Å². The number of hydrogen-bond acceptors (Lipinski definition) is 6. The van der Waals surface area contributed by atoms with Crippen molar-refractivity contribution in [1.29, 1.82) is 0 Å². The Labute approximate surface area is 204 Å². The summed E-state index contributed by atoms with van der Waals surface area (Å²) >= 11 is 5.77. The van der Waals surface area contributed by atoms with E-state index in [9.17, 15) is 26.4 Å². The molecular weight excluding hydrogens is 507 g/mol. The van der Waals surface area contributed by atoms with E-state index in [1.807, 2.05) is 0 Å². The quantitative estimate of drug-likeness (QED) is 0.511. The van der Waals surface area contributed by atoms with Crippen LogP contribution in [0.4, 0.5) is 19.0 Å². The number of sulfonamides is 1. The number of rotatable bonds is 5. The normalized spacial score (nSPS) is 15.3. The van der Waals surface area contributed by atoms with Gasteiger partial charge in [0.25, 0.3) is 5.91 Å². The van der Waals surface area contributed by atoms with Crippen LogP contribution in [-0.4, -0.2) is 54.8 Å². The van der Waals surface area contributed by atoms with Gasteiger partial charge in [0.15, 0.2) is 0 Å². The number of halogens is 4. The number of carbonyl (C=O) groups is 1. The van der Waals surface area contributed by atoms with Crippen molar-refractivity contribution in [3.8, 4) is 11.3 Å². The maximum absolute atomic E-state index is 13.1. The third kappa shape index (κ3) is 5.24. The number of amides is 1. The first-order valence-corrected chi connectivity index (χ1v) is 12.1. The van der Waals surface area contributed by atoms with Crippen LogP contribution in [0.15, 0.2) is 59.6 Å². The van der Waals surface area contributed by atoms with Crippen LogP contribution >= 0.6 is 11.6 Å². The van der Waals surface area contributed by atoms with Crippen LogP contribution < -0.4 is 10.6 Å². The highest BCUT2D eigenvalue weighted by Crippen LogP contribution is 2.33. The number of anilines is 1. The van der Waals surface area contributed by atoms with Gasteiger partial charge in [0, 0.05) is 37.9 Å². The number of nitrogens with zero attached hydrogens (tertiary/aromatic N) is 4. The van der Waals surface area contributed by atoms with Crippen molar-refractivity contribution in [3.63, 3.8) is 0 Å². The molecular formula is C22H19ClF3N5O3S. The number of hydrogen-bond donors (Lipinski definition) is 1. The SMILES string of the molecule is NC(=O)c1cccnc1-c1ccc(S(=O)(=O)N2CCN(c3cc(C(F)(F)F)cc(Cl)n3)CC2)cc1. The minimum absolute atomic E-state index is 0.0338. The highest BCUT2D eigenvalue weighted by molar-refractivity contribution is 7.89. The molecule has 35 heavy (non-hydrogen) atoms. The van der Waals surface area contributed by atoms with Gasteiger partial charge in [-0.05, 0) is 36.4 Å². The Balaban J connectivity index is 1.50. The van der Waals surface area contributed by atoms with E-state index in [0.29, 0.717) is 11.3 Å². The van der Waals surface area contributed by atoms with Gasteiger partial charge in [0.1, 0.15) is 11.0 Å². The summed E-state index contributed by atoms with van der Waals surface area (Å²) in [6, 6.07) is 10.6. The second kappa shape index (κ2) is 9.44. The molecule has 1 fully saturated rings. The highest BCUT2D eigenvalue weighted by atomic mass is 35.5. The summed E-state index contributed by atoms with van der Waals surface area (Å²) in [5, 5.41) is -0.294. The Morgan fingerprint density at radius 1 is 1.03 bits per heavy atom. The van der Waals surface area contributed by atoms with E-state index in [1.165, 1.54) is 40.8 Å². The number of piperazine rings is 1. The summed E-state index contributed by atoms with van der Waals surface area (Å²) in [6.07, 6.45) is -3.08. The number of carbonyl (C=O) groups excluding carboxylic acids is 1. The van der Waals surface area contributed by atoms with Gasteiger partial charge in [0.05, 0.1) is 21.7 Å². The first-order chi connectivity index (χ1) is 16.5. The van der Waals surface area contributed by atoms with Crippen molar-refractivity contribution in [2.45, 2.75) is 11.1 Å². The molecule has 1 aromatic carbocycles. The molecule has 0 bridgehead atoms. The van der Waals surface area contributed by atoms with Crippen LogP contribution in [0.3, 0.4) is 0 Å². The summed E-state index contributed by atoms with van der Waals surface area (Å²) in [5.41, 5.74) is 5.54. The van der Waals surface area contributed by atoms with Crippen LogP contribution in [0.25, 0.3) is 11.3 Å². The molecule has 2 N–H and O–H groups in total. The first-order valence-electron chi connectivity index (χ1n) is 10.3. The van der Waals surface area contributed by atoms with Gasteiger partial charge in [0.2, 0.25) is 10.0 Å². The van der Waals surface area contributed by atoms with Crippen LogP contribution in [-0.2, 0) is 16.2 Å². The summed E-state index contributed by atoms with van der Waals surface area (Å²) in [4.78, 5) is 21.4. The molecule has 0 unspecified atom stereocenters. The minimum Gasteiger partial charge on any atom is -0.366 e. The van der Waals surface area contributed by atoms with Gasteiger partial charge < -0.3 is 10.6 Å². The number of aromatic nitrogens is 2. The Morgan fingerprint density at radius 2 is 1.69 bits per heavy atom. The number of nitrogens with two attached hydrogens (primary N) is 1. The van der Waals surface area contributed by atoms with Crippen molar-refractivity contribution in [2.75, 3.05) is 31.1 Å². The van der Waals surface area contributed by atoms with E-state index in [4.69, 9.17) is 17.3 Å². The molecule has 0 aliphatic carbocycles. The summed E-state index contributed by atoms with van der Waals surface area (Å²) in [7, 11) is -3.86. The summed E-state index contributed by atoms with van der Waals surface area (Å²) < 4.78 is 66.8. The Bertz CT molecular complexity index is 1360. The lowest BCUT2D eigenvalue weighted by atomic mass is 10.1. The predicted molar refractivity (Wildman–Crippen MR) is 123 cm³/mol. The number of primary amides is 1.